The molecular formula is C14H15F6N. The predicted molar refractivity (Wildman–Crippen MR) is 66.0 cm³/mol. The molecule has 0 radical (unpaired) electrons. The van der Waals surface area contributed by atoms with Crippen molar-refractivity contribution in [1.29, 1.82) is 0 Å². The molecule has 2 rings (SSSR count). The zero-order valence-electron chi connectivity index (χ0n) is 11.1. The smallest absolute Gasteiger partial charge is 0.314 e. The minimum absolute atomic E-state index is 0.247. The third-order valence-electron chi connectivity index (χ3n) is 3.61. The van der Waals surface area contributed by atoms with Crippen LogP contribution in [-0.2, 0) is 6.42 Å². The van der Waals surface area contributed by atoms with Crippen LogP contribution in [0.25, 0.3) is 0 Å². The van der Waals surface area contributed by atoms with Crippen molar-refractivity contribution in [3.8, 4) is 0 Å². The fraction of sp³-hybridized carbons (Fsp3) is 0.571. The molecule has 1 aliphatic heterocycles. The number of alkyl halides is 6. The lowest BCUT2D eigenvalue weighted by Gasteiger charge is -2.23. The number of hydrogen-bond acceptors (Lipinski definition) is 1. The molecule has 0 saturated carbocycles. The summed E-state index contributed by atoms with van der Waals surface area (Å²) >= 11 is 0. The molecule has 7 heteroatoms. The van der Waals surface area contributed by atoms with Gasteiger partial charge < -0.3 is 5.32 Å². The number of rotatable bonds is 3. The van der Waals surface area contributed by atoms with Gasteiger partial charge in [0.2, 0.25) is 0 Å². The normalized spacial score (nSPS) is 20.2. The number of nitrogens with one attached hydrogen (secondary N) is 1. The number of benzene rings is 1. The van der Waals surface area contributed by atoms with Gasteiger partial charge in [0.15, 0.2) is 5.92 Å². The molecule has 118 valence electrons. The van der Waals surface area contributed by atoms with E-state index in [1.54, 1.807) is 0 Å². The SMILES string of the molecule is FC(F)(F)C(c1ccc(CC2CCCN2)cc1)C(F)(F)F. The molecule has 1 unspecified atom stereocenters. The maximum absolute atomic E-state index is 12.6. The van der Waals surface area contributed by atoms with Crippen molar-refractivity contribution < 1.29 is 26.3 Å². The highest BCUT2D eigenvalue weighted by molar-refractivity contribution is 5.28. The molecule has 21 heavy (non-hydrogen) atoms. The van der Waals surface area contributed by atoms with Crippen LogP contribution in [0.4, 0.5) is 26.3 Å². The van der Waals surface area contributed by atoms with Crippen molar-refractivity contribution in [2.75, 3.05) is 6.54 Å². The van der Waals surface area contributed by atoms with Gasteiger partial charge in [-0.15, -0.1) is 0 Å². The monoisotopic (exact) mass is 311 g/mol. The molecule has 1 saturated heterocycles. The fourth-order valence-electron chi connectivity index (χ4n) is 2.63. The van der Waals surface area contributed by atoms with E-state index >= 15 is 0 Å². The van der Waals surface area contributed by atoms with Crippen molar-refractivity contribution >= 4 is 0 Å². The Morgan fingerprint density at radius 1 is 1.00 bits per heavy atom. The zero-order valence-corrected chi connectivity index (χ0v) is 11.1. The van der Waals surface area contributed by atoms with Crippen molar-refractivity contribution in [2.24, 2.45) is 0 Å². The van der Waals surface area contributed by atoms with Gasteiger partial charge in [0, 0.05) is 6.04 Å². The van der Waals surface area contributed by atoms with Gasteiger partial charge in [-0.25, -0.2) is 0 Å². The van der Waals surface area contributed by atoms with Crippen LogP contribution in [-0.4, -0.2) is 24.9 Å². The van der Waals surface area contributed by atoms with Crippen LogP contribution in [0.2, 0.25) is 0 Å². The summed E-state index contributed by atoms with van der Waals surface area (Å²) < 4.78 is 75.6. The molecule has 0 amide bonds. The van der Waals surface area contributed by atoms with E-state index in [0.717, 1.165) is 37.1 Å². The second-order valence-corrected chi connectivity index (χ2v) is 5.26. The second kappa shape index (κ2) is 5.87. The van der Waals surface area contributed by atoms with Crippen LogP contribution in [0.15, 0.2) is 24.3 Å². The van der Waals surface area contributed by atoms with Crippen LogP contribution in [0.3, 0.4) is 0 Å². The Morgan fingerprint density at radius 2 is 1.57 bits per heavy atom. The molecular weight excluding hydrogens is 296 g/mol. The first-order valence-electron chi connectivity index (χ1n) is 6.63. The van der Waals surface area contributed by atoms with Crippen molar-refractivity contribution in [3.63, 3.8) is 0 Å². The van der Waals surface area contributed by atoms with E-state index in [1.165, 1.54) is 12.1 Å². The third kappa shape index (κ3) is 4.12. The summed E-state index contributed by atoms with van der Waals surface area (Å²) in [6, 6.07) is 4.79. The molecule has 0 spiro atoms. The van der Waals surface area contributed by atoms with Crippen LogP contribution < -0.4 is 5.32 Å². The molecule has 1 heterocycles. The molecule has 1 atom stereocenters. The van der Waals surface area contributed by atoms with Crippen LogP contribution in [0.5, 0.6) is 0 Å². The van der Waals surface area contributed by atoms with Crippen molar-refractivity contribution in [1.82, 2.24) is 5.32 Å². The number of hydrogen-bond donors (Lipinski definition) is 1. The van der Waals surface area contributed by atoms with Gasteiger partial charge in [-0.05, 0) is 36.9 Å². The predicted octanol–water partition coefficient (Wildman–Crippen LogP) is 4.19. The van der Waals surface area contributed by atoms with Crippen molar-refractivity contribution in [3.05, 3.63) is 35.4 Å². The van der Waals surface area contributed by atoms with Gasteiger partial charge >= 0.3 is 12.4 Å². The third-order valence-corrected chi connectivity index (χ3v) is 3.61. The Bertz CT molecular complexity index is 442. The van der Waals surface area contributed by atoms with E-state index < -0.39 is 23.8 Å². The van der Waals surface area contributed by atoms with E-state index in [9.17, 15) is 26.3 Å². The average molecular weight is 311 g/mol. The first-order chi connectivity index (χ1) is 9.68. The maximum atomic E-state index is 12.6. The van der Waals surface area contributed by atoms with E-state index in [2.05, 4.69) is 5.32 Å². The fourth-order valence-corrected chi connectivity index (χ4v) is 2.63. The largest absolute Gasteiger partial charge is 0.404 e. The highest BCUT2D eigenvalue weighted by Crippen LogP contribution is 2.46. The van der Waals surface area contributed by atoms with Crippen LogP contribution in [0, 0.1) is 0 Å². The van der Waals surface area contributed by atoms with Gasteiger partial charge in [0.1, 0.15) is 0 Å². The standard InChI is InChI=1S/C14H15F6N/c15-13(16,17)12(14(18,19)20)10-5-3-9(4-6-10)8-11-2-1-7-21-11/h3-6,11-12,21H,1-2,7-8H2. The van der Waals surface area contributed by atoms with E-state index in [0.29, 0.717) is 6.42 Å². The quantitative estimate of drug-likeness (QED) is 0.825. The van der Waals surface area contributed by atoms with Crippen LogP contribution >= 0.6 is 0 Å². The summed E-state index contributed by atoms with van der Waals surface area (Å²) in [4.78, 5) is 0. The average Bonchev–Trinajstić information content (AvgIpc) is 2.80. The highest BCUT2D eigenvalue weighted by atomic mass is 19.4. The lowest BCUT2D eigenvalue weighted by molar-refractivity contribution is -0.253. The van der Waals surface area contributed by atoms with Crippen molar-refractivity contribution in [2.45, 2.75) is 43.6 Å². The molecule has 1 nitrogen and oxygen atoms in total. The molecule has 0 bridgehead atoms. The maximum Gasteiger partial charge on any atom is 0.404 e. The Hall–Kier alpha value is -1.24. The molecule has 1 aliphatic rings. The molecule has 1 N–H and O–H groups in total. The molecule has 1 fully saturated rings. The van der Waals surface area contributed by atoms with Gasteiger partial charge in [0.05, 0.1) is 0 Å². The first kappa shape index (κ1) is 16.1. The van der Waals surface area contributed by atoms with E-state index in [4.69, 9.17) is 0 Å². The van der Waals surface area contributed by atoms with Gasteiger partial charge in [-0.3, -0.25) is 0 Å². The number of halogens is 6. The molecule has 1 aromatic carbocycles. The second-order valence-electron chi connectivity index (χ2n) is 5.26. The molecule has 0 aromatic heterocycles. The summed E-state index contributed by atoms with van der Waals surface area (Å²) in [5, 5.41) is 3.23. The summed E-state index contributed by atoms with van der Waals surface area (Å²) in [6.07, 6.45) is -8.06. The lowest BCUT2D eigenvalue weighted by Crippen LogP contribution is -2.34. The Morgan fingerprint density at radius 3 is 2.00 bits per heavy atom. The van der Waals surface area contributed by atoms with Gasteiger partial charge in [-0.1, -0.05) is 24.3 Å². The molecule has 1 aromatic rings. The van der Waals surface area contributed by atoms with E-state index in [1.807, 2.05) is 0 Å². The minimum atomic E-state index is -5.34. The summed E-state index contributed by atoms with van der Waals surface area (Å²) in [7, 11) is 0. The minimum Gasteiger partial charge on any atom is -0.314 e. The van der Waals surface area contributed by atoms with Gasteiger partial charge in [-0.2, -0.15) is 26.3 Å². The summed E-state index contributed by atoms with van der Waals surface area (Å²) in [6.45, 7) is 0.896. The van der Waals surface area contributed by atoms with Crippen LogP contribution in [0.1, 0.15) is 29.9 Å². The summed E-state index contributed by atoms with van der Waals surface area (Å²) in [5.41, 5.74) is -0.0284. The summed E-state index contributed by atoms with van der Waals surface area (Å²) in [5.74, 6) is -3.43. The Kier molecular flexibility index (Phi) is 4.51. The van der Waals surface area contributed by atoms with E-state index in [-0.39, 0.29) is 6.04 Å². The van der Waals surface area contributed by atoms with Gasteiger partial charge in [0.25, 0.3) is 0 Å². The first-order valence-corrected chi connectivity index (χ1v) is 6.63. The molecule has 0 aliphatic carbocycles. The highest BCUT2D eigenvalue weighted by Gasteiger charge is 2.57. The Labute approximate surface area is 118 Å². The topological polar surface area (TPSA) is 12.0 Å². The Balaban J connectivity index is 2.15. The zero-order chi connectivity index (χ0) is 15.7. The lowest BCUT2D eigenvalue weighted by atomic mass is 9.95.